The highest BCUT2D eigenvalue weighted by atomic mass is 16.3. The lowest BCUT2D eigenvalue weighted by Gasteiger charge is -2.37. The van der Waals surface area contributed by atoms with E-state index in [9.17, 15) is 9.90 Å². The van der Waals surface area contributed by atoms with E-state index in [1.54, 1.807) is 0 Å². The van der Waals surface area contributed by atoms with Gasteiger partial charge in [0.25, 0.3) is 0 Å². The van der Waals surface area contributed by atoms with Crippen molar-refractivity contribution in [2.45, 2.75) is 26.8 Å². The Morgan fingerprint density at radius 3 is 2.73 bits per heavy atom. The number of aromatic amines is 1. The van der Waals surface area contributed by atoms with Crippen molar-refractivity contribution in [3.8, 4) is 0 Å². The van der Waals surface area contributed by atoms with Crippen LogP contribution in [0.25, 0.3) is 16.5 Å². The second-order valence-corrected chi connectivity index (χ2v) is 7.10. The van der Waals surface area contributed by atoms with Gasteiger partial charge in [0.2, 0.25) is 5.91 Å². The van der Waals surface area contributed by atoms with Crippen LogP contribution < -0.4 is 0 Å². The molecular weight excluding hydrogens is 326 g/mol. The van der Waals surface area contributed by atoms with E-state index in [0.717, 1.165) is 27.7 Å². The van der Waals surface area contributed by atoms with Crippen LogP contribution in [0.1, 0.15) is 25.1 Å². The van der Waals surface area contributed by atoms with Crippen molar-refractivity contribution < 1.29 is 9.90 Å². The Hall–Kier alpha value is -2.11. The van der Waals surface area contributed by atoms with Gasteiger partial charge in [-0.15, -0.1) is 0 Å². The van der Waals surface area contributed by atoms with Gasteiger partial charge >= 0.3 is 0 Å². The normalized spacial score (nSPS) is 21.0. The van der Waals surface area contributed by atoms with Crippen molar-refractivity contribution in [3.63, 3.8) is 0 Å². The van der Waals surface area contributed by atoms with Crippen LogP contribution in [0.15, 0.2) is 30.3 Å². The highest BCUT2D eigenvalue weighted by molar-refractivity contribution is 5.94. The molecule has 2 aromatic rings. The molecule has 0 bridgehead atoms. The van der Waals surface area contributed by atoms with E-state index < -0.39 is 0 Å². The molecule has 0 saturated carbocycles. The number of hydrogen-bond donors (Lipinski definition) is 2. The van der Waals surface area contributed by atoms with Crippen LogP contribution in [0.4, 0.5) is 0 Å². The van der Waals surface area contributed by atoms with Gasteiger partial charge in [0.05, 0.1) is 24.1 Å². The predicted molar refractivity (Wildman–Crippen MR) is 106 cm³/mol. The molecule has 1 aromatic carbocycles. The first-order valence-electron chi connectivity index (χ1n) is 9.40. The summed E-state index contributed by atoms with van der Waals surface area (Å²) in [6, 6.07) is 8.21. The van der Waals surface area contributed by atoms with E-state index in [4.69, 9.17) is 0 Å². The largest absolute Gasteiger partial charge is 0.394 e. The number of hydrogen-bond acceptors (Lipinski definition) is 3. The number of aliphatic hydroxyl groups excluding tert-OH is 1. The lowest BCUT2D eigenvalue weighted by Crippen LogP contribution is -2.47. The van der Waals surface area contributed by atoms with E-state index in [1.807, 2.05) is 38.8 Å². The van der Waals surface area contributed by atoms with Crippen molar-refractivity contribution >= 4 is 22.4 Å². The Morgan fingerprint density at radius 2 is 2.08 bits per heavy atom. The first-order valence-corrected chi connectivity index (χ1v) is 9.40. The Balaban J connectivity index is 2.09. The number of fused-ring (bicyclic) bond motifs is 1. The van der Waals surface area contributed by atoms with Crippen LogP contribution in [0.5, 0.6) is 0 Å². The lowest BCUT2D eigenvalue weighted by atomic mass is 9.87. The fourth-order valence-corrected chi connectivity index (χ4v) is 4.02. The molecule has 0 fully saturated rings. The fourth-order valence-electron chi connectivity index (χ4n) is 4.02. The van der Waals surface area contributed by atoms with Gasteiger partial charge in [-0.05, 0) is 39.5 Å². The van der Waals surface area contributed by atoms with Gasteiger partial charge in [-0.1, -0.05) is 24.3 Å². The molecule has 0 aliphatic carbocycles. The summed E-state index contributed by atoms with van der Waals surface area (Å²) in [4.78, 5) is 20.3. The summed E-state index contributed by atoms with van der Waals surface area (Å²) in [7, 11) is 1.98. The van der Waals surface area contributed by atoms with Crippen molar-refractivity contribution in [2.75, 3.05) is 33.3 Å². The van der Waals surface area contributed by atoms with E-state index in [-0.39, 0.29) is 24.5 Å². The maximum atomic E-state index is 12.9. The number of para-hydroxylation sites is 1. The third-order valence-electron chi connectivity index (χ3n) is 5.42. The second kappa shape index (κ2) is 7.64. The summed E-state index contributed by atoms with van der Waals surface area (Å²) in [6.45, 7) is 8.16. The molecule has 5 heteroatoms. The van der Waals surface area contributed by atoms with E-state index >= 15 is 0 Å². The zero-order valence-corrected chi connectivity index (χ0v) is 16.1. The number of likely N-dealkylation sites (N-methyl/N-ethyl adjacent to an activating group) is 1. The van der Waals surface area contributed by atoms with Gasteiger partial charge in [-0.3, -0.25) is 9.69 Å². The number of aromatic nitrogens is 1. The van der Waals surface area contributed by atoms with Crippen molar-refractivity contribution in [1.29, 1.82) is 0 Å². The minimum atomic E-state index is -0.191. The molecule has 1 aliphatic heterocycles. The maximum Gasteiger partial charge on any atom is 0.230 e. The van der Waals surface area contributed by atoms with Gasteiger partial charge in [0, 0.05) is 36.3 Å². The number of carbonyl (C=O) groups is 1. The van der Waals surface area contributed by atoms with Crippen molar-refractivity contribution in [1.82, 2.24) is 14.8 Å². The SMILES string of the molecule is CCN(CC)C(=O)[C@@H]1C=C(c2cccc3cc(C)[nH]c23)[C@H](CO)N(C)C1. The topological polar surface area (TPSA) is 59.6 Å². The van der Waals surface area contributed by atoms with Crippen LogP contribution in [0.2, 0.25) is 0 Å². The summed E-state index contributed by atoms with van der Waals surface area (Å²) in [6.07, 6.45) is 2.08. The Labute approximate surface area is 155 Å². The van der Waals surface area contributed by atoms with Gasteiger partial charge in [0.1, 0.15) is 0 Å². The van der Waals surface area contributed by atoms with Crippen LogP contribution in [-0.2, 0) is 4.79 Å². The summed E-state index contributed by atoms with van der Waals surface area (Å²) in [5, 5.41) is 11.2. The molecule has 0 radical (unpaired) electrons. The standard InChI is InChI=1S/C21H29N3O2/c1-5-24(6-2)21(26)16-11-18(19(13-25)23(4)12-16)17-9-7-8-15-10-14(3)22-20(15)17/h7-11,16,19,22,25H,5-6,12-13H2,1-4H3/t16-,19+/m1/s1. The summed E-state index contributed by atoms with van der Waals surface area (Å²) < 4.78 is 0. The minimum absolute atomic E-state index is 0.0323. The van der Waals surface area contributed by atoms with Crippen LogP contribution in [0.3, 0.4) is 0 Å². The quantitative estimate of drug-likeness (QED) is 0.867. The molecule has 2 atom stereocenters. The monoisotopic (exact) mass is 355 g/mol. The highest BCUT2D eigenvalue weighted by Gasteiger charge is 2.33. The van der Waals surface area contributed by atoms with Gasteiger partial charge in [-0.2, -0.15) is 0 Å². The number of aliphatic hydroxyl groups is 1. The van der Waals surface area contributed by atoms with Gasteiger partial charge in [0.15, 0.2) is 0 Å². The number of nitrogens with zero attached hydrogens (tertiary/aromatic N) is 2. The van der Waals surface area contributed by atoms with E-state index in [0.29, 0.717) is 19.6 Å². The van der Waals surface area contributed by atoms with Gasteiger partial charge in [-0.25, -0.2) is 0 Å². The first-order chi connectivity index (χ1) is 12.5. The van der Waals surface area contributed by atoms with E-state index in [1.165, 1.54) is 0 Å². The number of benzene rings is 1. The fraction of sp³-hybridized carbons (Fsp3) is 0.476. The number of H-pyrrole nitrogens is 1. The zero-order valence-electron chi connectivity index (χ0n) is 16.1. The summed E-state index contributed by atoms with van der Waals surface area (Å²) in [5.74, 6) is -0.0328. The minimum Gasteiger partial charge on any atom is -0.394 e. The molecular formula is C21H29N3O2. The molecule has 1 aromatic heterocycles. The third kappa shape index (κ3) is 3.29. The predicted octanol–water partition coefficient (Wildman–Crippen LogP) is 2.65. The molecule has 2 heterocycles. The first kappa shape index (κ1) is 18.7. The van der Waals surface area contributed by atoms with Crippen molar-refractivity contribution in [2.24, 2.45) is 5.92 Å². The molecule has 1 aliphatic rings. The number of nitrogens with one attached hydrogen (secondary N) is 1. The molecule has 26 heavy (non-hydrogen) atoms. The number of amides is 1. The Bertz CT molecular complexity index is 820. The van der Waals surface area contributed by atoms with Crippen LogP contribution >= 0.6 is 0 Å². The van der Waals surface area contributed by atoms with Crippen LogP contribution in [0, 0.1) is 12.8 Å². The molecule has 0 spiro atoms. The molecule has 0 unspecified atom stereocenters. The Morgan fingerprint density at radius 1 is 1.35 bits per heavy atom. The average molecular weight is 355 g/mol. The molecule has 5 nitrogen and oxygen atoms in total. The zero-order chi connectivity index (χ0) is 18.8. The molecule has 0 saturated heterocycles. The van der Waals surface area contributed by atoms with Crippen LogP contribution in [-0.4, -0.2) is 65.1 Å². The molecule has 140 valence electrons. The molecule has 3 rings (SSSR count). The highest BCUT2D eigenvalue weighted by Crippen LogP contribution is 2.33. The summed E-state index contributed by atoms with van der Waals surface area (Å²) >= 11 is 0. The number of aryl methyl sites for hydroxylation is 1. The number of rotatable bonds is 5. The molecule has 2 N–H and O–H groups in total. The van der Waals surface area contributed by atoms with E-state index in [2.05, 4.69) is 34.2 Å². The second-order valence-electron chi connectivity index (χ2n) is 7.10. The Kier molecular flexibility index (Phi) is 5.49. The van der Waals surface area contributed by atoms with Gasteiger partial charge < -0.3 is 15.0 Å². The maximum absolute atomic E-state index is 12.9. The smallest absolute Gasteiger partial charge is 0.230 e. The molecule has 1 amide bonds. The summed E-state index contributed by atoms with van der Waals surface area (Å²) in [5.41, 5.74) is 4.27. The third-order valence-corrected chi connectivity index (χ3v) is 5.42. The lowest BCUT2D eigenvalue weighted by molar-refractivity contribution is -0.134. The average Bonchev–Trinajstić information content (AvgIpc) is 3.02. The number of carbonyl (C=O) groups excluding carboxylic acids is 1. The van der Waals surface area contributed by atoms with Crippen molar-refractivity contribution in [3.05, 3.63) is 41.6 Å².